The fourth-order valence-electron chi connectivity index (χ4n) is 4.48. The number of nitrogens with zero attached hydrogens (tertiary/aromatic N) is 1. The number of hydrogen-bond donors (Lipinski definition) is 1. The molecule has 8 heteroatoms. The molecule has 0 bridgehead atoms. The molecule has 3 aromatic carbocycles. The first kappa shape index (κ1) is 30.5. The lowest BCUT2D eigenvalue weighted by Gasteiger charge is -2.30. The summed E-state index contributed by atoms with van der Waals surface area (Å²) in [5.41, 5.74) is 3.15. The number of aliphatic hydroxyl groups excluding tert-OH is 1. The minimum atomic E-state index is -4.26. The van der Waals surface area contributed by atoms with Gasteiger partial charge in [-0.3, -0.25) is 4.90 Å². The molecular weight excluding hydrogens is 529 g/mol. The van der Waals surface area contributed by atoms with E-state index in [9.17, 15) is 17.9 Å². The van der Waals surface area contributed by atoms with E-state index in [4.69, 9.17) is 9.47 Å². The van der Waals surface area contributed by atoms with Crippen LogP contribution in [0.2, 0.25) is 0 Å². The number of aliphatic hydroxyl groups is 1. The Bertz CT molecular complexity index is 1520. The maximum atomic E-state index is 14.0. The van der Waals surface area contributed by atoms with Crippen molar-refractivity contribution in [2.45, 2.75) is 44.9 Å². The first-order valence-electron chi connectivity index (χ1n) is 12.9. The third kappa shape index (κ3) is 6.23. The Kier molecular flexibility index (Phi) is 9.82. The van der Waals surface area contributed by atoms with Crippen LogP contribution >= 0.6 is 0 Å². The van der Waals surface area contributed by atoms with Gasteiger partial charge in [0.05, 0.1) is 19.1 Å². The standard InChI is InChI=1S/C32H36FNO5S/c1-8-9-11-23(5)34(30-28(38-6)12-10-13-29(30)39-7)32(35)31(21(2)3)40(36,37)26-17-14-24(15-18-26)27-19-16-25(33)20-22(27)4/h10,12-20,35H,2,5,8-9,11H2,1,3-4,6-7H3/b32-31-. The molecule has 1 N–H and O–H groups in total. The lowest BCUT2D eigenvalue weighted by Crippen LogP contribution is -2.26. The Balaban J connectivity index is 2.22. The quantitative estimate of drug-likeness (QED) is 0.177. The highest BCUT2D eigenvalue weighted by Crippen LogP contribution is 2.43. The number of allylic oxidation sites excluding steroid dienone is 2. The molecule has 0 aliphatic rings. The highest BCUT2D eigenvalue weighted by Gasteiger charge is 2.32. The van der Waals surface area contributed by atoms with Gasteiger partial charge in [0, 0.05) is 5.70 Å². The number of methoxy groups -OCH3 is 2. The van der Waals surface area contributed by atoms with Crippen molar-refractivity contribution in [2.24, 2.45) is 0 Å². The molecule has 0 aromatic heterocycles. The maximum absolute atomic E-state index is 14.0. The second kappa shape index (κ2) is 12.9. The van der Waals surface area contributed by atoms with E-state index in [1.165, 1.54) is 50.3 Å². The van der Waals surface area contributed by atoms with Gasteiger partial charge in [-0.05, 0) is 85.4 Å². The van der Waals surface area contributed by atoms with Crippen LogP contribution in [0.3, 0.4) is 0 Å². The highest BCUT2D eigenvalue weighted by atomic mass is 32.2. The summed E-state index contributed by atoms with van der Waals surface area (Å²) in [5.74, 6) is -0.180. The Hall–Kier alpha value is -4.04. The summed E-state index contributed by atoms with van der Waals surface area (Å²) < 4.78 is 52.7. The van der Waals surface area contributed by atoms with Crippen molar-refractivity contribution in [2.75, 3.05) is 19.1 Å². The van der Waals surface area contributed by atoms with Gasteiger partial charge in [0.2, 0.25) is 15.7 Å². The van der Waals surface area contributed by atoms with Crippen LogP contribution in [-0.4, -0.2) is 27.7 Å². The van der Waals surface area contributed by atoms with Crippen LogP contribution in [0, 0.1) is 12.7 Å². The Labute approximate surface area is 236 Å². The van der Waals surface area contributed by atoms with Crippen molar-refractivity contribution in [3.63, 3.8) is 0 Å². The second-order valence-corrected chi connectivity index (χ2v) is 11.3. The van der Waals surface area contributed by atoms with Crippen molar-refractivity contribution >= 4 is 15.5 Å². The fraction of sp³-hybridized carbons (Fsp3) is 0.250. The van der Waals surface area contributed by atoms with Crippen molar-refractivity contribution in [1.29, 1.82) is 0 Å². The van der Waals surface area contributed by atoms with Gasteiger partial charge < -0.3 is 14.6 Å². The Morgan fingerprint density at radius 1 is 1.00 bits per heavy atom. The molecule has 3 rings (SSSR count). The lowest BCUT2D eigenvalue weighted by molar-refractivity contribution is 0.374. The van der Waals surface area contributed by atoms with Crippen molar-refractivity contribution in [3.05, 3.63) is 107 Å². The number of hydrogen-bond acceptors (Lipinski definition) is 6. The predicted molar refractivity (Wildman–Crippen MR) is 159 cm³/mol. The van der Waals surface area contributed by atoms with Gasteiger partial charge in [-0.25, -0.2) is 12.8 Å². The molecule has 0 unspecified atom stereocenters. The molecule has 0 saturated carbocycles. The summed E-state index contributed by atoms with van der Waals surface area (Å²) in [5, 5.41) is 11.8. The zero-order chi connectivity index (χ0) is 29.6. The molecular formula is C32H36FNO5S. The second-order valence-electron chi connectivity index (χ2n) is 9.44. The summed E-state index contributed by atoms with van der Waals surface area (Å²) in [4.78, 5) is 0.973. The molecule has 0 aliphatic carbocycles. The van der Waals surface area contributed by atoms with E-state index in [1.54, 1.807) is 43.3 Å². The molecule has 3 aromatic rings. The number of rotatable bonds is 12. The van der Waals surface area contributed by atoms with Gasteiger partial charge in [0.15, 0.2) is 0 Å². The molecule has 6 nitrogen and oxygen atoms in total. The number of anilines is 1. The van der Waals surface area contributed by atoms with E-state index in [0.29, 0.717) is 29.3 Å². The minimum Gasteiger partial charge on any atom is -0.494 e. The van der Waals surface area contributed by atoms with Crippen LogP contribution in [0.5, 0.6) is 11.5 Å². The molecule has 0 fully saturated rings. The van der Waals surface area contributed by atoms with Crippen molar-refractivity contribution in [3.8, 4) is 22.6 Å². The topological polar surface area (TPSA) is 76.1 Å². The molecule has 0 atom stereocenters. The predicted octanol–water partition coefficient (Wildman–Crippen LogP) is 8.11. The zero-order valence-corrected chi connectivity index (χ0v) is 24.4. The molecule has 0 aliphatic heterocycles. The number of benzene rings is 3. The third-order valence-electron chi connectivity index (χ3n) is 6.50. The molecule has 0 spiro atoms. The number of unbranched alkanes of at least 4 members (excludes halogenated alkanes) is 1. The van der Waals surface area contributed by atoms with Gasteiger partial charge in [0.1, 0.15) is 27.9 Å². The first-order valence-corrected chi connectivity index (χ1v) is 14.4. The largest absolute Gasteiger partial charge is 0.494 e. The molecule has 40 heavy (non-hydrogen) atoms. The normalized spacial score (nSPS) is 11.9. The van der Waals surface area contributed by atoms with Crippen LogP contribution in [0.15, 0.2) is 101 Å². The Morgan fingerprint density at radius 2 is 1.60 bits per heavy atom. The monoisotopic (exact) mass is 565 g/mol. The SMILES string of the molecule is C=C(C)/C(=C(/O)N(C(=C)CCCC)c1c(OC)cccc1OC)S(=O)(=O)c1ccc(-c2ccc(F)cc2C)cc1. The minimum absolute atomic E-state index is 0.0355. The zero-order valence-electron chi connectivity index (χ0n) is 23.6. The number of sulfone groups is 1. The van der Waals surface area contributed by atoms with E-state index in [1.807, 2.05) is 6.92 Å². The summed E-state index contributed by atoms with van der Waals surface area (Å²) in [6, 6.07) is 15.8. The van der Waals surface area contributed by atoms with Gasteiger partial charge in [-0.15, -0.1) is 0 Å². The molecule has 0 radical (unpaired) electrons. The smallest absolute Gasteiger partial charge is 0.215 e. The number of halogens is 1. The lowest BCUT2D eigenvalue weighted by atomic mass is 10.0. The molecule has 212 valence electrons. The van der Waals surface area contributed by atoms with Crippen LogP contribution in [-0.2, 0) is 9.84 Å². The van der Waals surface area contributed by atoms with Gasteiger partial charge in [-0.1, -0.05) is 50.8 Å². The average molecular weight is 566 g/mol. The molecule has 0 heterocycles. The van der Waals surface area contributed by atoms with E-state index >= 15 is 0 Å². The van der Waals surface area contributed by atoms with E-state index in [-0.39, 0.29) is 21.2 Å². The van der Waals surface area contributed by atoms with Crippen LogP contribution in [0.1, 0.15) is 38.7 Å². The summed E-state index contributed by atoms with van der Waals surface area (Å²) in [6.45, 7) is 13.4. The molecule has 0 saturated heterocycles. The van der Waals surface area contributed by atoms with Gasteiger partial charge in [-0.2, -0.15) is 0 Å². The molecule has 0 amide bonds. The summed E-state index contributed by atoms with van der Waals surface area (Å²) in [7, 11) is -1.30. The van der Waals surface area contributed by atoms with Gasteiger partial charge in [0.25, 0.3) is 0 Å². The van der Waals surface area contributed by atoms with E-state index < -0.39 is 15.7 Å². The van der Waals surface area contributed by atoms with E-state index in [0.717, 1.165) is 29.5 Å². The third-order valence-corrected chi connectivity index (χ3v) is 8.46. The fourth-order valence-corrected chi connectivity index (χ4v) is 6.00. The maximum Gasteiger partial charge on any atom is 0.215 e. The van der Waals surface area contributed by atoms with Gasteiger partial charge >= 0.3 is 0 Å². The first-order chi connectivity index (χ1) is 19.0. The number of aryl methyl sites for hydroxylation is 1. The van der Waals surface area contributed by atoms with Crippen LogP contribution < -0.4 is 14.4 Å². The van der Waals surface area contributed by atoms with Crippen molar-refractivity contribution in [1.82, 2.24) is 0 Å². The summed E-state index contributed by atoms with van der Waals surface area (Å²) >= 11 is 0. The van der Waals surface area contributed by atoms with Crippen LogP contribution in [0.4, 0.5) is 10.1 Å². The van der Waals surface area contributed by atoms with Crippen LogP contribution in [0.25, 0.3) is 11.1 Å². The summed E-state index contributed by atoms with van der Waals surface area (Å²) in [6.07, 6.45) is 2.11. The van der Waals surface area contributed by atoms with E-state index in [2.05, 4.69) is 13.2 Å². The average Bonchev–Trinajstić information content (AvgIpc) is 2.91. The highest BCUT2D eigenvalue weighted by molar-refractivity contribution is 7.95. The number of para-hydroxylation sites is 1. The Morgan fingerprint density at radius 3 is 2.10 bits per heavy atom. The van der Waals surface area contributed by atoms with Crippen molar-refractivity contribution < 1.29 is 27.4 Å². The number of ether oxygens (including phenoxy) is 2.